The van der Waals surface area contributed by atoms with Gasteiger partial charge < -0.3 is 10.1 Å². The van der Waals surface area contributed by atoms with E-state index in [1.54, 1.807) is 23.7 Å². The van der Waals surface area contributed by atoms with Crippen LogP contribution in [0.1, 0.15) is 22.8 Å². The van der Waals surface area contributed by atoms with Crippen LogP contribution in [-0.4, -0.2) is 23.5 Å². The molecule has 1 amide bonds. The van der Waals surface area contributed by atoms with E-state index in [-0.39, 0.29) is 12.5 Å². The molecule has 0 radical (unpaired) electrons. The van der Waals surface area contributed by atoms with Crippen LogP contribution in [0.4, 0.5) is 5.69 Å². The van der Waals surface area contributed by atoms with Gasteiger partial charge >= 0.3 is 5.97 Å². The number of benzene rings is 2. The number of aryl methyl sites for hydroxylation is 1. The number of amides is 1. The molecule has 24 heavy (non-hydrogen) atoms. The Bertz CT molecular complexity index is 871. The molecule has 5 nitrogen and oxygen atoms in total. The number of nitrogens with one attached hydrogen (secondary N) is 1. The Kier molecular flexibility index (Phi) is 4.86. The SMILES string of the molecule is CCc1ccc(NC(=O)COC(=O)c2ccc3ncsc3c2)cc1. The molecule has 1 N–H and O–H groups in total. The minimum absolute atomic E-state index is 0.324. The van der Waals surface area contributed by atoms with E-state index < -0.39 is 5.97 Å². The number of fused-ring (bicyclic) bond motifs is 1. The maximum atomic E-state index is 12.0. The molecule has 0 saturated heterocycles. The fourth-order valence-electron chi connectivity index (χ4n) is 2.22. The van der Waals surface area contributed by atoms with Gasteiger partial charge in [0.05, 0.1) is 21.3 Å². The second kappa shape index (κ2) is 7.23. The number of hydrogen-bond acceptors (Lipinski definition) is 5. The number of carbonyl (C=O) groups is 2. The molecule has 0 unspecified atom stereocenters. The van der Waals surface area contributed by atoms with Crippen LogP contribution < -0.4 is 5.32 Å². The molecule has 1 aromatic heterocycles. The van der Waals surface area contributed by atoms with E-state index in [4.69, 9.17) is 4.74 Å². The first-order chi connectivity index (χ1) is 11.7. The molecular weight excluding hydrogens is 324 g/mol. The smallest absolute Gasteiger partial charge is 0.338 e. The predicted octanol–water partition coefficient (Wildman–Crippen LogP) is 3.65. The third-order valence-corrected chi connectivity index (χ3v) is 4.34. The lowest BCUT2D eigenvalue weighted by atomic mass is 10.1. The van der Waals surface area contributed by atoms with Crippen molar-refractivity contribution in [2.45, 2.75) is 13.3 Å². The predicted molar refractivity (Wildman–Crippen MR) is 94.4 cm³/mol. The van der Waals surface area contributed by atoms with Crippen molar-refractivity contribution < 1.29 is 14.3 Å². The van der Waals surface area contributed by atoms with E-state index in [9.17, 15) is 9.59 Å². The number of thiazole rings is 1. The zero-order valence-corrected chi connectivity index (χ0v) is 13.9. The van der Waals surface area contributed by atoms with Crippen LogP contribution in [0.5, 0.6) is 0 Å². The first-order valence-electron chi connectivity index (χ1n) is 7.55. The minimum Gasteiger partial charge on any atom is -0.452 e. The van der Waals surface area contributed by atoms with Gasteiger partial charge in [0.1, 0.15) is 0 Å². The van der Waals surface area contributed by atoms with Gasteiger partial charge in [-0.3, -0.25) is 4.79 Å². The molecule has 3 rings (SSSR count). The molecule has 6 heteroatoms. The molecule has 0 aliphatic carbocycles. The van der Waals surface area contributed by atoms with Gasteiger partial charge in [0.25, 0.3) is 5.91 Å². The Morgan fingerprint density at radius 3 is 2.71 bits per heavy atom. The van der Waals surface area contributed by atoms with Gasteiger partial charge in [-0.05, 0) is 42.3 Å². The number of aromatic nitrogens is 1. The normalized spacial score (nSPS) is 10.5. The third kappa shape index (κ3) is 3.78. The number of hydrogen-bond donors (Lipinski definition) is 1. The van der Waals surface area contributed by atoms with E-state index in [0.717, 1.165) is 16.6 Å². The highest BCUT2D eigenvalue weighted by Crippen LogP contribution is 2.19. The fourth-order valence-corrected chi connectivity index (χ4v) is 2.93. The van der Waals surface area contributed by atoms with Gasteiger partial charge in [-0.15, -0.1) is 11.3 Å². The summed E-state index contributed by atoms with van der Waals surface area (Å²) in [7, 11) is 0. The summed E-state index contributed by atoms with van der Waals surface area (Å²) in [5, 5.41) is 2.70. The van der Waals surface area contributed by atoms with Crippen LogP contribution in [-0.2, 0) is 16.0 Å². The topological polar surface area (TPSA) is 68.3 Å². The zero-order chi connectivity index (χ0) is 16.9. The van der Waals surface area contributed by atoms with E-state index in [1.807, 2.05) is 24.3 Å². The summed E-state index contributed by atoms with van der Waals surface area (Å²) in [6.07, 6.45) is 0.940. The molecule has 1 heterocycles. The first kappa shape index (κ1) is 16.1. The zero-order valence-electron chi connectivity index (χ0n) is 13.1. The van der Waals surface area contributed by atoms with Crippen molar-refractivity contribution in [2.75, 3.05) is 11.9 Å². The lowest BCUT2D eigenvalue weighted by Gasteiger charge is -2.07. The number of anilines is 1. The number of nitrogens with zero attached hydrogens (tertiary/aromatic N) is 1. The summed E-state index contributed by atoms with van der Waals surface area (Å²) in [5.74, 6) is -0.895. The van der Waals surface area contributed by atoms with Crippen molar-refractivity contribution in [3.8, 4) is 0 Å². The summed E-state index contributed by atoms with van der Waals surface area (Å²) < 4.78 is 5.97. The van der Waals surface area contributed by atoms with Gasteiger partial charge in [0.2, 0.25) is 0 Å². The Balaban J connectivity index is 1.55. The second-order valence-electron chi connectivity index (χ2n) is 5.21. The fraction of sp³-hybridized carbons (Fsp3) is 0.167. The molecule has 0 spiro atoms. The molecule has 0 atom stereocenters. The summed E-state index contributed by atoms with van der Waals surface area (Å²) in [4.78, 5) is 28.1. The number of esters is 1. The first-order valence-corrected chi connectivity index (χ1v) is 8.43. The molecule has 0 fully saturated rings. The third-order valence-electron chi connectivity index (χ3n) is 3.55. The van der Waals surface area contributed by atoms with E-state index in [1.165, 1.54) is 16.9 Å². The monoisotopic (exact) mass is 340 g/mol. The quantitative estimate of drug-likeness (QED) is 0.720. The van der Waals surface area contributed by atoms with Crippen molar-refractivity contribution in [2.24, 2.45) is 0 Å². The maximum Gasteiger partial charge on any atom is 0.338 e. The van der Waals surface area contributed by atoms with Gasteiger partial charge in [0, 0.05) is 5.69 Å². The van der Waals surface area contributed by atoms with E-state index >= 15 is 0 Å². The Morgan fingerprint density at radius 1 is 1.17 bits per heavy atom. The van der Waals surface area contributed by atoms with Crippen LogP contribution in [0, 0.1) is 0 Å². The van der Waals surface area contributed by atoms with Gasteiger partial charge in [-0.25, -0.2) is 9.78 Å². The largest absolute Gasteiger partial charge is 0.452 e. The molecule has 3 aromatic rings. The molecule has 0 aliphatic rings. The van der Waals surface area contributed by atoms with E-state index in [0.29, 0.717) is 11.3 Å². The standard InChI is InChI=1S/C18H16N2O3S/c1-2-12-3-6-14(7-4-12)20-17(21)10-23-18(22)13-5-8-15-16(9-13)24-11-19-15/h3-9,11H,2,10H2,1H3,(H,20,21). The van der Waals surface area contributed by atoms with Crippen LogP contribution >= 0.6 is 11.3 Å². The second-order valence-corrected chi connectivity index (χ2v) is 6.10. The van der Waals surface area contributed by atoms with Crippen LogP contribution in [0.2, 0.25) is 0 Å². The highest BCUT2D eigenvalue weighted by molar-refractivity contribution is 7.16. The summed E-state index contributed by atoms with van der Waals surface area (Å²) in [5.41, 5.74) is 4.84. The minimum atomic E-state index is -0.526. The highest BCUT2D eigenvalue weighted by atomic mass is 32.1. The summed E-state index contributed by atoms with van der Waals surface area (Å²) in [6, 6.07) is 12.7. The Hall–Kier alpha value is -2.73. The van der Waals surface area contributed by atoms with E-state index in [2.05, 4.69) is 17.2 Å². The Labute approximate surface area is 143 Å². The van der Waals surface area contributed by atoms with Crippen LogP contribution in [0.25, 0.3) is 10.2 Å². The van der Waals surface area contributed by atoms with Crippen molar-refractivity contribution >= 4 is 39.1 Å². The molecule has 122 valence electrons. The van der Waals surface area contributed by atoms with Crippen molar-refractivity contribution in [1.29, 1.82) is 0 Å². The van der Waals surface area contributed by atoms with Crippen molar-refractivity contribution in [1.82, 2.24) is 4.98 Å². The summed E-state index contributed by atoms with van der Waals surface area (Å²) in [6.45, 7) is 1.74. The Morgan fingerprint density at radius 2 is 1.96 bits per heavy atom. The number of carbonyl (C=O) groups excluding carboxylic acids is 2. The number of ether oxygens (including phenoxy) is 1. The van der Waals surface area contributed by atoms with Gasteiger partial charge in [-0.1, -0.05) is 19.1 Å². The maximum absolute atomic E-state index is 12.0. The molecule has 2 aromatic carbocycles. The molecule has 0 aliphatic heterocycles. The molecule has 0 saturated carbocycles. The lowest BCUT2D eigenvalue weighted by molar-refractivity contribution is -0.119. The highest BCUT2D eigenvalue weighted by Gasteiger charge is 2.11. The van der Waals surface area contributed by atoms with Crippen LogP contribution in [0.3, 0.4) is 0 Å². The van der Waals surface area contributed by atoms with Crippen molar-refractivity contribution in [3.05, 3.63) is 59.1 Å². The van der Waals surface area contributed by atoms with Gasteiger partial charge in [0.15, 0.2) is 6.61 Å². The lowest BCUT2D eigenvalue weighted by Crippen LogP contribution is -2.20. The van der Waals surface area contributed by atoms with Crippen LogP contribution in [0.15, 0.2) is 48.0 Å². The summed E-state index contributed by atoms with van der Waals surface area (Å²) >= 11 is 1.45. The average Bonchev–Trinajstić information content (AvgIpc) is 3.08. The van der Waals surface area contributed by atoms with Crippen molar-refractivity contribution in [3.63, 3.8) is 0 Å². The average molecular weight is 340 g/mol. The molecular formula is C18H16N2O3S. The van der Waals surface area contributed by atoms with Gasteiger partial charge in [-0.2, -0.15) is 0 Å². The number of rotatable bonds is 5. The molecule has 0 bridgehead atoms.